The molecule has 0 aliphatic carbocycles. The van der Waals surface area contributed by atoms with Gasteiger partial charge in [-0.15, -0.1) is 0 Å². The van der Waals surface area contributed by atoms with Gasteiger partial charge in [0.15, 0.2) is 0 Å². The lowest BCUT2D eigenvalue weighted by atomic mass is 10.2. The molecule has 1 heterocycles. The highest BCUT2D eigenvalue weighted by Gasteiger charge is 2.07. The molecule has 88 valence electrons. The van der Waals surface area contributed by atoms with Crippen LogP contribution in [-0.2, 0) is 0 Å². The summed E-state index contributed by atoms with van der Waals surface area (Å²) in [4.78, 5) is 18.7. The molecule has 0 radical (unpaired) electrons. The second-order valence-corrected chi connectivity index (χ2v) is 4.57. The molecule has 0 aliphatic heterocycles. The van der Waals surface area contributed by atoms with Crippen LogP contribution in [-0.4, -0.2) is 9.97 Å². The molecule has 0 amide bonds. The maximum atomic E-state index is 11.6. The van der Waals surface area contributed by atoms with Gasteiger partial charge in [-0.1, -0.05) is 23.2 Å². The first-order valence-electron chi connectivity index (χ1n) is 5.02. The largest absolute Gasteiger partial charge is 0.306 e. The molecule has 0 fully saturated rings. The number of halogens is 2. The third kappa shape index (κ3) is 2.35. The summed E-state index contributed by atoms with van der Waals surface area (Å²) in [5.41, 5.74) is 1.92. The van der Waals surface area contributed by atoms with E-state index in [1.54, 1.807) is 32.0 Å². The van der Waals surface area contributed by atoms with Crippen molar-refractivity contribution in [2.75, 3.05) is 0 Å². The van der Waals surface area contributed by atoms with Gasteiger partial charge in [-0.25, -0.2) is 4.98 Å². The molecule has 1 aromatic heterocycles. The summed E-state index contributed by atoms with van der Waals surface area (Å²) in [6, 6.07) is 5.12. The van der Waals surface area contributed by atoms with E-state index in [1.807, 2.05) is 0 Å². The van der Waals surface area contributed by atoms with Crippen molar-refractivity contribution in [1.29, 1.82) is 0 Å². The summed E-state index contributed by atoms with van der Waals surface area (Å²) < 4.78 is 0. The van der Waals surface area contributed by atoms with Gasteiger partial charge in [0.05, 0.1) is 10.0 Å². The third-order valence-corrected chi connectivity index (χ3v) is 3.33. The number of H-pyrrole nitrogens is 1. The molecule has 1 N–H and O–H groups in total. The average molecular weight is 269 g/mol. The van der Waals surface area contributed by atoms with Gasteiger partial charge < -0.3 is 4.98 Å². The fourth-order valence-electron chi connectivity index (χ4n) is 1.43. The van der Waals surface area contributed by atoms with E-state index >= 15 is 0 Å². The molecule has 0 bridgehead atoms. The molecule has 0 unspecified atom stereocenters. The number of aromatic nitrogens is 2. The molecule has 2 aromatic rings. The van der Waals surface area contributed by atoms with E-state index in [4.69, 9.17) is 23.2 Å². The Hall–Kier alpha value is -1.32. The summed E-state index contributed by atoms with van der Waals surface area (Å²) in [6.45, 7) is 3.53. The van der Waals surface area contributed by atoms with E-state index in [2.05, 4.69) is 9.97 Å². The number of rotatable bonds is 1. The van der Waals surface area contributed by atoms with Crippen LogP contribution in [0.3, 0.4) is 0 Å². The van der Waals surface area contributed by atoms with Gasteiger partial charge in [-0.05, 0) is 32.0 Å². The zero-order chi connectivity index (χ0) is 12.6. The number of hydrogen-bond donors (Lipinski definition) is 1. The predicted molar refractivity (Wildman–Crippen MR) is 69.8 cm³/mol. The third-order valence-electron chi connectivity index (χ3n) is 2.59. The zero-order valence-electron chi connectivity index (χ0n) is 9.34. The highest BCUT2D eigenvalue weighted by molar-refractivity contribution is 6.42. The van der Waals surface area contributed by atoms with Crippen LogP contribution in [0.15, 0.2) is 23.0 Å². The topological polar surface area (TPSA) is 45.8 Å². The van der Waals surface area contributed by atoms with E-state index in [0.717, 1.165) is 5.56 Å². The Labute approximate surface area is 108 Å². The summed E-state index contributed by atoms with van der Waals surface area (Å²) in [5, 5.41) is 0.909. The number of aryl methyl sites for hydroxylation is 1. The lowest BCUT2D eigenvalue weighted by molar-refractivity contribution is 1.03. The SMILES string of the molecule is Cc1nc(-c2ccc(Cl)c(Cl)c2)[nH]c(=O)c1C. The Morgan fingerprint density at radius 2 is 1.88 bits per heavy atom. The Morgan fingerprint density at radius 1 is 1.18 bits per heavy atom. The van der Waals surface area contributed by atoms with Gasteiger partial charge in [-0.3, -0.25) is 4.79 Å². The number of benzene rings is 1. The average Bonchev–Trinajstić information content (AvgIpc) is 2.29. The standard InChI is InChI=1S/C12H10Cl2N2O/c1-6-7(2)15-11(16-12(6)17)8-3-4-9(13)10(14)5-8/h3-5H,1-2H3,(H,15,16,17). The van der Waals surface area contributed by atoms with Crippen molar-refractivity contribution >= 4 is 23.2 Å². The van der Waals surface area contributed by atoms with E-state index in [9.17, 15) is 4.79 Å². The highest BCUT2D eigenvalue weighted by atomic mass is 35.5. The van der Waals surface area contributed by atoms with Crippen molar-refractivity contribution in [3.8, 4) is 11.4 Å². The van der Waals surface area contributed by atoms with Gasteiger partial charge in [0.2, 0.25) is 0 Å². The minimum atomic E-state index is -0.140. The van der Waals surface area contributed by atoms with Crippen LogP contribution < -0.4 is 5.56 Å². The molecule has 1 aromatic carbocycles. The Kier molecular flexibility index (Phi) is 3.22. The minimum Gasteiger partial charge on any atom is -0.306 e. The maximum absolute atomic E-state index is 11.6. The van der Waals surface area contributed by atoms with E-state index in [1.165, 1.54) is 0 Å². The van der Waals surface area contributed by atoms with Gasteiger partial charge in [0.1, 0.15) is 5.82 Å². The number of nitrogens with zero attached hydrogens (tertiary/aromatic N) is 1. The highest BCUT2D eigenvalue weighted by Crippen LogP contribution is 2.26. The molecule has 0 aliphatic rings. The first-order valence-corrected chi connectivity index (χ1v) is 5.77. The van der Waals surface area contributed by atoms with Crippen molar-refractivity contribution in [3.63, 3.8) is 0 Å². The zero-order valence-corrected chi connectivity index (χ0v) is 10.9. The molecule has 0 saturated heterocycles. The molecule has 0 spiro atoms. The van der Waals surface area contributed by atoms with E-state index in [0.29, 0.717) is 27.1 Å². The smallest absolute Gasteiger partial charge is 0.254 e. The van der Waals surface area contributed by atoms with Crippen molar-refractivity contribution < 1.29 is 0 Å². The predicted octanol–water partition coefficient (Wildman–Crippen LogP) is 3.36. The molecule has 3 nitrogen and oxygen atoms in total. The summed E-state index contributed by atoms with van der Waals surface area (Å²) in [6.07, 6.45) is 0. The second kappa shape index (κ2) is 4.51. The van der Waals surface area contributed by atoms with Gasteiger partial charge in [-0.2, -0.15) is 0 Å². The van der Waals surface area contributed by atoms with Gasteiger partial charge in [0, 0.05) is 16.8 Å². The summed E-state index contributed by atoms with van der Waals surface area (Å²) >= 11 is 11.8. The monoisotopic (exact) mass is 268 g/mol. The Morgan fingerprint density at radius 3 is 2.47 bits per heavy atom. The van der Waals surface area contributed by atoms with Crippen molar-refractivity contribution in [1.82, 2.24) is 9.97 Å². The fourth-order valence-corrected chi connectivity index (χ4v) is 1.72. The van der Waals surface area contributed by atoms with Crippen LogP contribution in [0, 0.1) is 13.8 Å². The normalized spacial score (nSPS) is 10.6. The fraction of sp³-hybridized carbons (Fsp3) is 0.167. The summed E-state index contributed by atoms with van der Waals surface area (Å²) in [5.74, 6) is 0.497. The van der Waals surface area contributed by atoms with Crippen LogP contribution in [0.5, 0.6) is 0 Å². The molecule has 5 heteroatoms. The van der Waals surface area contributed by atoms with Crippen molar-refractivity contribution in [2.24, 2.45) is 0 Å². The number of nitrogens with one attached hydrogen (secondary N) is 1. The Balaban J connectivity index is 2.61. The Bertz CT molecular complexity index is 635. The van der Waals surface area contributed by atoms with Crippen LogP contribution in [0.1, 0.15) is 11.3 Å². The first-order chi connectivity index (χ1) is 7.99. The lowest BCUT2D eigenvalue weighted by Crippen LogP contribution is -2.14. The van der Waals surface area contributed by atoms with Crippen LogP contribution in [0.2, 0.25) is 10.0 Å². The van der Waals surface area contributed by atoms with Crippen LogP contribution in [0.25, 0.3) is 11.4 Å². The van der Waals surface area contributed by atoms with E-state index < -0.39 is 0 Å². The van der Waals surface area contributed by atoms with Crippen LogP contribution >= 0.6 is 23.2 Å². The molecule has 0 saturated carbocycles. The first kappa shape index (κ1) is 12.1. The molecular formula is C12H10Cl2N2O. The lowest BCUT2D eigenvalue weighted by Gasteiger charge is -2.05. The molecule has 2 rings (SSSR count). The molecular weight excluding hydrogens is 259 g/mol. The van der Waals surface area contributed by atoms with Gasteiger partial charge in [0.25, 0.3) is 5.56 Å². The number of aromatic amines is 1. The molecule has 17 heavy (non-hydrogen) atoms. The second-order valence-electron chi connectivity index (χ2n) is 3.75. The van der Waals surface area contributed by atoms with Crippen molar-refractivity contribution in [2.45, 2.75) is 13.8 Å². The quantitative estimate of drug-likeness (QED) is 0.862. The number of hydrogen-bond acceptors (Lipinski definition) is 2. The van der Waals surface area contributed by atoms with Gasteiger partial charge >= 0.3 is 0 Å². The van der Waals surface area contributed by atoms with Crippen molar-refractivity contribution in [3.05, 3.63) is 49.9 Å². The van der Waals surface area contributed by atoms with Crippen LogP contribution in [0.4, 0.5) is 0 Å². The summed E-state index contributed by atoms with van der Waals surface area (Å²) in [7, 11) is 0. The minimum absolute atomic E-state index is 0.140. The maximum Gasteiger partial charge on any atom is 0.254 e. The molecule has 0 atom stereocenters. The van der Waals surface area contributed by atoms with E-state index in [-0.39, 0.29) is 5.56 Å².